The Bertz CT molecular complexity index is 2900. The first-order chi connectivity index (χ1) is 26.3. The van der Waals surface area contributed by atoms with Crippen LogP contribution in [0.25, 0.3) is 95.1 Å². The lowest BCUT2D eigenvalue weighted by Gasteiger charge is -2.13. The molecule has 0 aliphatic carbocycles. The van der Waals surface area contributed by atoms with Crippen LogP contribution in [0, 0.1) is 0 Å². The summed E-state index contributed by atoms with van der Waals surface area (Å²) in [4.78, 5) is 20.4. The highest BCUT2D eigenvalue weighted by Crippen LogP contribution is 2.38. The van der Waals surface area contributed by atoms with Crippen LogP contribution >= 0.6 is 0 Å². The van der Waals surface area contributed by atoms with Crippen molar-refractivity contribution in [2.24, 2.45) is 0 Å². The molecule has 0 fully saturated rings. The Hall–Kier alpha value is -7.24. The second-order valence-corrected chi connectivity index (χ2v) is 13.1. The van der Waals surface area contributed by atoms with Gasteiger partial charge in [-0.25, -0.2) is 19.9 Å². The summed E-state index contributed by atoms with van der Waals surface area (Å²) in [6, 6.07) is 65.0. The van der Waals surface area contributed by atoms with Gasteiger partial charge in [0.15, 0.2) is 11.6 Å². The van der Waals surface area contributed by atoms with Crippen LogP contribution in [0.5, 0.6) is 0 Å². The topological polar surface area (TPSA) is 56.0 Å². The smallest absolute Gasteiger partial charge is 0.163 e. The number of rotatable bonds is 6. The van der Waals surface area contributed by atoms with Gasteiger partial charge in [0.1, 0.15) is 11.5 Å². The molecule has 248 valence electrons. The molecule has 10 aromatic rings. The van der Waals surface area contributed by atoms with Gasteiger partial charge in [-0.2, -0.15) is 0 Å². The van der Waals surface area contributed by atoms with Gasteiger partial charge in [0, 0.05) is 38.4 Å². The van der Waals surface area contributed by atoms with E-state index in [9.17, 15) is 0 Å². The highest BCUT2D eigenvalue weighted by atomic mass is 15.1. The van der Waals surface area contributed by atoms with Crippen molar-refractivity contribution in [1.29, 1.82) is 0 Å². The number of benzene rings is 7. The summed E-state index contributed by atoms with van der Waals surface area (Å²) in [5, 5.41) is 3.26. The number of para-hydroxylation sites is 1. The third kappa shape index (κ3) is 5.43. The van der Waals surface area contributed by atoms with E-state index >= 15 is 0 Å². The number of fused-ring (bicyclic) bond motifs is 4. The van der Waals surface area contributed by atoms with Gasteiger partial charge in [-0.15, -0.1) is 0 Å². The molecule has 0 aliphatic rings. The maximum atomic E-state index is 5.20. The van der Waals surface area contributed by atoms with E-state index in [0.29, 0.717) is 11.6 Å². The van der Waals surface area contributed by atoms with Crippen LogP contribution in [-0.2, 0) is 0 Å². The Kier molecular flexibility index (Phi) is 7.40. The maximum Gasteiger partial charge on any atom is 0.163 e. The number of nitrogens with zero attached hydrogens (tertiary/aromatic N) is 5. The van der Waals surface area contributed by atoms with E-state index in [1.165, 1.54) is 0 Å². The average molecular weight is 678 g/mol. The Morgan fingerprint density at radius 2 is 0.774 bits per heavy atom. The fourth-order valence-electron chi connectivity index (χ4n) is 7.26. The standard InChI is InChI=1S/C48H31N5/c1-4-14-34(15-5-1)43-41-22-12-13-23-42(41)49-45(50-43)37-30-26-33(27-31-37)32-24-28-35(29-25-32)44-39-20-10-11-21-40(39)48-52-46(36-16-6-2-7-17-36)51-47(53(44)48)38-18-8-3-9-19-38/h1-31H. The van der Waals surface area contributed by atoms with Crippen LogP contribution in [0.15, 0.2) is 188 Å². The van der Waals surface area contributed by atoms with Crippen molar-refractivity contribution < 1.29 is 0 Å². The van der Waals surface area contributed by atoms with E-state index in [1.807, 2.05) is 54.6 Å². The van der Waals surface area contributed by atoms with E-state index in [-0.39, 0.29) is 0 Å². The lowest BCUT2D eigenvalue weighted by atomic mass is 10.00. The molecule has 7 aromatic carbocycles. The average Bonchev–Trinajstić information content (AvgIpc) is 3.58. The molecule has 3 aromatic heterocycles. The molecule has 0 N–H and O–H groups in total. The first kappa shape index (κ1) is 30.6. The second kappa shape index (κ2) is 12.8. The van der Waals surface area contributed by atoms with Crippen LogP contribution < -0.4 is 0 Å². The number of hydrogen-bond acceptors (Lipinski definition) is 4. The summed E-state index contributed by atoms with van der Waals surface area (Å²) >= 11 is 0. The van der Waals surface area contributed by atoms with Crippen molar-refractivity contribution in [2.45, 2.75) is 0 Å². The van der Waals surface area contributed by atoms with Crippen molar-refractivity contribution in [1.82, 2.24) is 24.3 Å². The summed E-state index contributed by atoms with van der Waals surface area (Å²) in [6.45, 7) is 0. The number of aromatic nitrogens is 5. The van der Waals surface area contributed by atoms with Gasteiger partial charge in [-0.1, -0.05) is 182 Å². The van der Waals surface area contributed by atoms with Gasteiger partial charge >= 0.3 is 0 Å². The van der Waals surface area contributed by atoms with Crippen LogP contribution in [0.4, 0.5) is 0 Å². The van der Waals surface area contributed by atoms with E-state index in [4.69, 9.17) is 19.9 Å². The van der Waals surface area contributed by atoms with Crippen molar-refractivity contribution in [2.75, 3.05) is 0 Å². The van der Waals surface area contributed by atoms with Crippen molar-refractivity contribution in [3.05, 3.63) is 188 Å². The fraction of sp³-hybridized carbons (Fsp3) is 0. The molecule has 53 heavy (non-hydrogen) atoms. The van der Waals surface area contributed by atoms with Crippen LogP contribution in [0.3, 0.4) is 0 Å². The van der Waals surface area contributed by atoms with Gasteiger partial charge in [0.25, 0.3) is 0 Å². The Balaban J connectivity index is 1.06. The molecule has 3 heterocycles. The largest absolute Gasteiger partial charge is 0.277 e. The molecule has 10 rings (SSSR count). The van der Waals surface area contributed by atoms with Gasteiger partial charge in [0.05, 0.1) is 16.9 Å². The molecule has 0 radical (unpaired) electrons. The van der Waals surface area contributed by atoms with E-state index in [1.54, 1.807) is 0 Å². The monoisotopic (exact) mass is 677 g/mol. The van der Waals surface area contributed by atoms with E-state index in [0.717, 1.165) is 83.5 Å². The molecule has 0 bridgehead atoms. The number of hydrogen-bond donors (Lipinski definition) is 0. The third-order valence-corrected chi connectivity index (χ3v) is 9.84. The van der Waals surface area contributed by atoms with Gasteiger partial charge in [-0.3, -0.25) is 4.40 Å². The minimum Gasteiger partial charge on any atom is -0.277 e. The molecule has 5 nitrogen and oxygen atoms in total. The molecule has 0 saturated heterocycles. The summed E-state index contributed by atoms with van der Waals surface area (Å²) in [5.74, 6) is 2.27. The lowest BCUT2D eigenvalue weighted by molar-refractivity contribution is 1.05. The predicted molar refractivity (Wildman–Crippen MR) is 216 cm³/mol. The first-order valence-corrected chi connectivity index (χ1v) is 17.7. The lowest BCUT2D eigenvalue weighted by Crippen LogP contribution is -2.03. The molecule has 0 unspecified atom stereocenters. The summed E-state index contributed by atoms with van der Waals surface area (Å²) in [5.41, 5.74) is 11.2. The molecule has 0 spiro atoms. The Morgan fingerprint density at radius 1 is 0.302 bits per heavy atom. The van der Waals surface area contributed by atoms with Crippen molar-refractivity contribution >= 4 is 27.3 Å². The van der Waals surface area contributed by atoms with Gasteiger partial charge in [0.2, 0.25) is 0 Å². The van der Waals surface area contributed by atoms with E-state index in [2.05, 4.69) is 138 Å². The van der Waals surface area contributed by atoms with Crippen LogP contribution in [0.2, 0.25) is 0 Å². The van der Waals surface area contributed by atoms with Gasteiger partial charge < -0.3 is 0 Å². The minimum atomic E-state index is 0.705. The molecule has 0 saturated carbocycles. The molecular weight excluding hydrogens is 647 g/mol. The van der Waals surface area contributed by atoms with Gasteiger partial charge in [-0.05, 0) is 22.8 Å². The minimum absolute atomic E-state index is 0.705. The molecule has 5 heteroatoms. The quantitative estimate of drug-likeness (QED) is 0.176. The second-order valence-electron chi connectivity index (χ2n) is 13.1. The summed E-state index contributed by atoms with van der Waals surface area (Å²) in [7, 11) is 0. The van der Waals surface area contributed by atoms with Crippen molar-refractivity contribution in [3.8, 4) is 67.8 Å². The van der Waals surface area contributed by atoms with Crippen LogP contribution in [-0.4, -0.2) is 24.3 Å². The maximum absolute atomic E-state index is 5.20. The molecule has 0 atom stereocenters. The highest BCUT2D eigenvalue weighted by Gasteiger charge is 2.21. The van der Waals surface area contributed by atoms with E-state index < -0.39 is 0 Å². The molecule has 0 amide bonds. The highest BCUT2D eigenvalue weighted by molar-refractivity contribution is 6.06. The Labute approximate surface area is 306 Å². The fourth-order valence-corrected chi connectivity index (χ4v) is 7.26. The molecular formula is C48H31N5. The summed E-state index contributed by atoms with van der Waals surface area (Å²) < 4.78 is 2.23. The first-order valence-electron chi connectivity index (χ1n) is 17.7. The third-order valence-electron chi connectivity index (χ3n) is 9.84. The zero-order chi connectivity index (χ0) is 35.1. The zero-order valence-electron chi connectivity index (χ0n) is 28.6. The van der Waals surface area contributed by atoms with Crippen LogP contribution in [0.1, 0.15) is 0 Å². The summed E-state index contributed by atoms with van der Waals surface area (Å²) in [6.07, 6.45) is 0. The predicted octanol–water partition coefficient (Wildman–Crippen LogP) is 11.8. The molecule has 0 aliphatic heterocycles. The zero-order valence-corrected chi connectivity index (χ0v) is 28.6. The SMILES string of the molecule is c1ccc(-c2nc(-c3ccccc3)n3c(-c4ccc(-c5ccc(-c6nc(-c7ccccc7)c7ccccc7n6)cc5)cc4)c4ccccc4c3n2)cc1. The van der Waals surface area contributed by atoms with Crippen molar-refractivity contribution in [3.63, 3.8) is 0 Å². The Morgan fingerprint density at radius 3 is 1.43 bits per heavy atom. The normalized spacial score (nSPS) is 11.4.